The van der Waals surface area contributed by atoms with Crippen LogP contribution in [0.5, 0.6) is 0 Å². The highest BCUT2D eigenvalue weighted by Gasteiger charge is 2.31. The molecule has 1 amide bonds. The van der Waals surface area contributed by atoms with Gasteiger partial charge < -0.3 is 16.4 Å². The fraction of sp³-hybridized carbons (Fsp3) is 0.286. The van der Waals surface area contributed by atoms with Crippen molar-refractivity contribution in [2.45, 2.75) is 32.2 Å². The Balaban J connectivity index is 1.89. The molecular weight excluding hydrogens is 310 g/mol. The van der Waals surface area contributed by atoms with E-state index in [0.717, 1.165) is 48.1 Å². The first kappa shape index (κ1) is 15.8. The number of nitrogens with zero attached hydrogens (tertiary/aromatic N) is 1. The molecule has 1 heterocycles. The van der Waals surface area contributed by atoms with Crippen molar-refractivity contribution in [2.24, 2.45) is 17.4 Å². The summed E-state index contributed by atoms with van der Waals surface area (Å²) in [6.45, 7) is 0.524. The highest BCUT2D eigenvalue weighted by atomic mass is 16.2. The summed E-state index contributed by atoms with van der Waals surface area (Å²) >= 11 is 0. The van der Waals surface area contributed by atoms with Gasteiger partial charge in [-0.05, 0) is 24.5 Å². The van der Waals surface area contributed by atoms with E-state index in [1.807, 2.05) is 53.4 Å². The first-order chi connectivity index (χ1) is 12.2. The fourth-order valence-corrected chi connectivity index (χ4v) is 3.99. The molecule has 0 atom stereocenters. The maximum atomic E-state index is 13.3. The number of amides is 1. The molecule has 0 unspecified atom stereocenters. The molecular formula is C21H23N3O. The van der Waals surface area contributed by atoms with Crippen molar-refractivity contribution >= 4 is 23.0 Å². The first-order valence-corrected chi connectivity index (χ1v) is 8.91. The predicted octanol–water partition coefficient (Wildman–Crippen LogP) is 3.47. The topological polar surface area (TPSA) is 72.3 Å². The number of rotatable bonds is 1. The highest BCUT2D eigenvalue weighted by Crippen LogP contribution is 2.36. The number of fused-ring (bicyclic) bond motifs is 2. The standard InChI is InChI=1S/C21H23N3O/c22-19-16-10-4-3-9-15(16)13-24(21(25)14-7-1-2-8-14)18-12-6-5-11-17(18)20(19)23/h3-6,9-12,14H,1-2,7-8,13,22-23H2/b20-19-. The third-order valence-corrected chi connectivity index (χ3v) is 5.38. The summed E-state index contributed by atoms with van der Waals surface area (Å²) in [5.74, 6) is 0.315. The van der Waals surface area contributed by atoms with Crippen molar-refractivity contribution in [2.75, 3.05) is 4.90 Å². The van der Waals surface area contributed by atoms with Gasteiger partial charge in [0, 0.05) is 17.0 Å². The number of para-hydroxylation sites is 1. The summed E-state index contributed by atoms with van der Waals surface area (Å²) in [6.07, 6.45) is 4.23. The molecule has 4 rings (SSSR count). The lowest BCUT2D eigenvalue weighted by molar-refractivity contribution is -0.122. The Morgan fingerprint density at radius 2 is 1.48 bits per heavy atom. The maximum Gasteiger partial charge on any atom is 0.230 e. The van der Waals surface area contributed by atoms with Crippen LogP contribution in [0.3, 0.4) is 0 Å². The van der Waals surface area contributed by atoms with Crippen molar-refractivity contribution in [1.82, 2.24) is 0 Å². The lowest BCUT2D eigenvalue weighted by atomic mass is 9.95. The Hall–Kier alpha value is -2.75. The van der Waals surface area contributed by atoms with E-state index < -0.39 is 0 Å². The average molecular weight is 333 g/mol. The van der Waals surface area contributed by atoms with E-state index >= 15 is 0 Å². The summed E-state index contributed by atoms with van der Waals surface area (Å²) in [5, 5.41) is 0. The van der Waals surface area contributed by atoms with Crippen LogP contribution in [-0.2, 0) is 11.3 Å². The lowest BCUT2D eigenvalue weighted by Gasteiger charge is -2.31. The molecule has 1 saturated carbocycles. The van der Waals surface area contributed by atoms with Crippen molar-refractivity contribution in [3.05, 3.63) is 65.2 Å². The molecule has 0 saturated heterocycles. The Labute approximate surface area is 148 Å². The van der Waals surface area contributed by atoms with Crippen molar-refractivity contribution in [1.29, 1.82) is 0 Å². The average Bonchev–Trinajstić information content (AvgIpc) is 3.19. The molecule has 0 aromatic heterocycles. The molecule has 4 N–H and O–H groups in total. The van der Waals surface area contributed by atoms with Gasteiger partial charge in [0.2, 0.25) is 5.91 Å². The van der Waals surface area contributed by atoms with Gasteiger partial charge in [-0.2, -0.15) is 0 Å². The zero-order valence-electron chi connectivity index (χ0n) is 14.2. The van der Waals surface area contributed by atoms with Crippen LogP contribution < -0.4 is 16.4 Å². The zero-order valence-corrected chi connectivity index (χ0v) is 14.2. The molecule has 2 aromatic rings. The molecule has 0 radical (unpaired) electrons. The lowest BCUT2D eigenvalue weighted by Crippen LogP contribution is -2.36. The largest absolute Gasteiger partial charge is 0.397 e. The van der Waals surface area contributed by atoms with Crippen LogP contribution in [0.15, 0.2) is 48.5 Å². The third kappa shape index (κ3) is 2.68. The van der Waals surface area contributed by atoms with Crippen LogP contribution in [0, 0.1) is 5.92 Å². The highest BCUT2D eigenvalue weighted by molar-refractivity contribution is 6.01. The SMILES string of the molecule is N/C1=C(\N)c2ccccc2N(C(=O)C2CCCC2)Cc2ccccc21. The molecule has 1 aliphatic heterocycles. The third-order valence-electron chi connectivity index (χ3n) is 5.38. The quantitative estimate of drug-likeness (QED) is 0.839. The number of carbonyl (C=O) groups excluding carboxylic acids is 1. The summed E-state index contributed by atoms with van der Waals surface area (Å²) in [4.78, 5) is 15.2. The fourth-order valence-electron chi connectivity index (χ4n) is 3.99. The van der Waals surface area contributed by atoms with Gasteiger partial charge in [-0.15, -0.1) is 0 Å². The van der Waals surface area contributed by atoms with Gasteiger partial charge >= 0.3 is 0 Å². The van der Waals surface area contributed by atoms with Gasteiger partial charge in [-0.25, -0.2) is 0 Å². The molecule has 4 nitrogen and oxygen atoms in total. The van der Waals surface area contributed by atoms with Crippen molar-refractivity contribution < 1.29 is 4.79 Å². The molecule has 4 heteroatoms. The second-order valence-corrected chi connectivity index (χ2v) is 6.91. The number of hydrogen-bond acceptors (Lipinski definition) is 3. The number of benzene rings is 2. The summed E-state index contributed by atoms with van der Waals surface area (Å²) in [7, 11) is 0. The second kappa shape index (κ2) is 6.28. The van der Waals surface area contributed by atoms with E-state index in [9.17, 15) is 4.79 Å². The Morgan fingerprint density at radius 3 is 2.24 bits per heavy atom. The molecule has 1 fully saturated rings. The van der Waals surface area contributed by atoms with Crippen LogP contribution in [0.25, 0.3) is 11.4 Å². The van der Waals surface area contributed by atoms with Crippen LogP contribution in [-0.4, -0.2) is 5.91 Å². The minimum Gasteiger partial charge on any atom is -0.397 e. The van der Waals surface area contributed by atoms with Gasteiger partial charge in [0.05, 0.1) is 23.6 Å². The van der Waals surface area contributed by atoms with Gasteiger partial charge in [-0.1, -0.05) is 55.3 Å². The van der Waals surface area contributed by atoms with E-state index in [0.29, 0.717) is 17.9 Å². The van der Waals surface area contributed by atoms with Crippen LogP contribution >= 0.6 is 0 Å². The Morgan fingerprint density at radius 1 is 0.880 bits per heavy atom. The molecule has 1 aliphatic carbocycles. The maximum absolute atomic E-state index is 13.3. The number of carbonyl (C=O) groups is 1. The van der Waals surface area contributed by atoms with Gasteiger partial charge in [0.15, 0.2) is 0 Å². The van der Waals surface area contributed by atoms with E-state index in [1.165, 1.54) is 0 Å². The minimum atomic E-state index is 0.113. The molecule has 2 aromatic carbocycles. The summed E-state index contributed by atoms with van der Waals surface area (Å²) in [5.41, 5.74) is 17.5. The van der Waals surface area contributed by atoms with Crippen molar-refractivity contribution in [3.63, 3.8) is 0 Å². The van der Waals surface area contributed by atoms with Crippen LogP contribution in [0.1, 0.15) is 42.4 Å². The molecule has 25 heavy (non-hydrogen) atoms. The molecule has 2 aliphatic rings. The monoisotopic (exact) mass is 333 g/mol. The van der Waals surface area contributed by atoms with E-state index in [2.05, 4.69) is 0 Å². The summed E-state index contributed by atoms with van der Waals surface area (Å²) < 4.78 is 0. The van der Waals surface area contributed by atoms with Crippen LogP contribution in [0.2, 0.25) is 0 Å². The zero-order chi connectivity index (χ0) is 17.4. The normalized spacial score (nSPS) is 20.6. The molecule has 0 bridgehead atoms. The predicted molar refractivity (Wildman–Crippen MR) is 101 cm³/mol. The van der Waals surface area contributed by atoms with Crippen molar-refractivity contribution in [3.8, 4) is 0 Å². The molecule has 128 valence electrons. The second-order valence-electron chi connectivity index (χ2n) is 6.91. The summed E-state index contributed by atoms with van der Waals surface area (Å²) in [6, 6.07) is 15.7. The Kier molecular flexibility index (Phi) is 3.96. The number of nitrogens with two attached hydrogens (primary N) is 2. The van der Waals surface area contributed by atoms with Gasteiger partial charge in [0.25, 0.3) is 0 Å². The minimum absolute atomic E-state index is 0.113. The Bertz CT molecular complexity index is 850. The van der Waals surface area contributed by atoms with Crippen LogP contribution in [0.4, 0.5) is 5.69 Å². The smallest absolute Gasteiger partial charge is 0.230 e. The van der Waals surface area contributed by atoms with E-state index in [-0.39, 0.29) is 11.8 Å². The van der Waals surface area contributed by atoms with Gasteiger partial charge in [-0.3, -0.25) is 4.79 Å². The number of hydrogen-bond donors (Lipinski definition) is 2. The molecule has 0 spiro atoms. The van der Waals surface area contributed by atoms with Gasteiger partial charge in [0.1, 0.15) is 0 Å². The first-order valence-electron chi connectivity index (χ1n) is 8.91. The van der Waals surface area contributed by atoms with E-state index in [4.69, 9.17) is 11.5 Å². The number of anilines is 1. The van der Waals surface area contributed by atoms with E-state index in [1.54, 1.807) is 0 Å².